The highest BCUT2D eigenvalue weighted by molar-refractivity contribution is 5.56. The molecule has 0 aromatic carbocycles. The summed E-state index contributed by atoms with van der Waals surface area (Å²) in [6, 6.07) is 1.49. The Kier molecular flexibility index (Phi) is 7.61. The predicted octanol–water partition coefficient (Wildman–Crippen LogP) is 6.04. The zero-order valence-electron chi connectivity index (χ0n) is 23.3. The molecule has 2 aromatic heterocycles. The summed E-state index contributed by atoms with van der Waals surface area (Å²) in [6.45, 7) is 7.33. The molecular weight excluding hydrogens is 505 g/mol. The highest BCUT2D eigenvalue weighted by atomic mass is 19.4. The Morgan fingerprint density at radius 1 is 1.05 bits per heavy atom. The van der Waals surface area contributed by atoms with Crippen molar-refractivity contribution in [2.45, 2.75) is 96.4 Å². The van der Waals surface area contributed by atoms with Gasteiger partial charge in [0.2, 0.25) is 0 Å². The summed E-state index contributed by atoms with van der Waals surface area (Å²) in [5.74, 6) is 2.55. The summed E-state index contributed by atoms with van der Waals surface area (Å²) in [5.41, 5.74) is 2.78. The van der Waals surface area contributed by atoms with Crippen molar-refractivity contribution in [3.8, 4) is 0 Å². The number of nitrogens with one attached hydrogen (secondary N) is 1. The lowest BCUT2D eigenvalue weighted by atomic mass is 9.62. The van der Waals surface area contributed by atoms with Crippen molar-refractivity contribution in [2.75, 3.05) is 19.7 Å². The third-order valence-electron chi connectivity index (χ3n) is 10.2. The molecule has 216 valence electrons. The Morgan fingerprint density at radius 3 is 2.49 bits per heavy atom. The van der Waals surface area contributed by atoms with Gasteiger partial charge in [-0.1, -0.05) is 39.5 Å². The average molecular weight is 549 g/mol. The maximum atomic E-state index is 14.3. The minimum Gasteiger partial charge on any atom is -0.301 e. The summed E-state index contributed by atoms with van der Waals surface area (Å²) in [7, 11) is 0. The third kappa shape index (κ3) is 5.43. The molecule has 0 amide bonds. The topological polar surface area (TPSA) is 50.9 Å². The number of aromatic nitrogens is 2. The fraction of sp³-hybridized carbons (Fsp3) is 0.767. The molecule has 6 nitrogen and oxygen atoms in total. The molecule has 4 aliphatic rings. The van der Waals surface area contributed by atoms with Gasteiger partial charge >= 0.3 is 11.9 Å². The maximum absolute atomic E-state index is 14.3. The van der Waals surface area contributed by atoms with Crippen molar-refractivity contribution in [3.05, 3.63) is 40.1 Å². The van der Waals surface area contributed by atoms with Gasteiger partial charge in [0.1, 0.15) is 0 Å². The number of hydroxylamine groups is 1. The molecule has 9 heteroatoms. The molecule has 2 aliphatic carbocycles. The van der Waals surface area contributed by atoms with Crippen molar-refractivity contribution >= 4 is 5.52 Å². The molecule has 4 heterocycles. The minimum absolute atomic E-state index is 0.0274. The van der Waals surface area contributed by atoms with Gasteiger partial charge in [-0.05, 0) is 79.9 Å². The molecule has 2 aliphatic heterocycles. The fourth-order valence-corrected chi connectivity index (χ4v) is 8.08. The molecule has 1 N–H and O–H groups in total. The molecule has 2 aromatic rings. The van der Waals surface area contributed by atoms with Gasteiger partial charge in [0.05, 0.1) is 17.7 Å². The number of rotatable bonds is 6. The summed E-state index contributed by atoms with van der Waals surface area (Å²) in [5, 5.41) is 0. The van der Waals surface area contributed by atoms with Crippen LogP contribution in [0, 0.1) is 29.6 Å². The van der Waals surface area contributed by atoms with Crippen LogP contribution in [-0.2, 0) is 17.6 Å². The standard InChI is InChI=1S/C30H43F3N4O2/c1-19-6-5-11-35(14-19)15-21-12-25(30(31,32)33)26-17-36(29(38)37(26)16-21)24-10-4-9-23(13-24)27(22-7-3-8-22)28-20(2)18-39-34-28/h12,16-17,19-20,22-24,27-28,34H,3-11,13-15,18H2,1-2H3/t19-,20?,23?,24?,27+,28?/m0/s1. The number of nitrogens with zero attached hydrogens (tertiary/aromatic N) is 3. The Balaban J connectivity index is 1.31. The number of imidazole rings is 1. The van der Waals surface area contributed by atoms with Crippen molar-refractivity contribution in [1.29, 1.82) is 0 Å². The highest BCUT2D eigenvalue weighted by Crippen LogP contribution is 2.48. The highest BCUT2D eigenvalue weighted by Gasteiger charge is 2.44. The van der Waals surface area contributed by atoms with Gasteiger partial charge < -0.3 is 4.84 Å². The zero-order chi connectivity index (χ0) is 27.3. The first-order chi connectivity index (χ1) is 18.7. The molecule has 39 heavy (non-hydrogen) atoms. The first kappa shape index (κ1) is 27.3. The summed E-state index contributed by atoms with van der Waals surface area (Å²) >= 11 is 0. The second-order valence-corrected chi connectivity index (χ2v) is 13.1. The number of halogens is 3. The van der Waals surface area contributed by atoms with Crippen molar-refractivity contribution in [2.24, 2.45) is 29.6 Å². The van der Waals surface area contributed by atoms with E-state index in [9.17, 15) is 18.0 Å². The van der Waals surface area contributed by atoms with E-state index in [-0.39, 0.29) is 17.2 Å². The van der Waals surface area contributed by atoms with Crippen LogP contribution in [0.25, 0.3) is 5.52 Å². The predicted molar refractivity (Wildman–Crippen MR) is 144 cm³/mol. The number of hydrogen-bond acceptors (Lipinski definition) is 4. The van der Waals surface area contributed by atoms with Gasteiger partial charge in [-0.3, -0.25) is 13.9 Å². The lowest BCUT2D eigenvalue weighted by Crippen LogP contribution is -2.46. The Hall–Kier alpha value is -1.84. The molecule has 4 fully saturated rings. The van der Waals surface area contributed by atoms with E-state index < -0.39 is 11.7 Å². The summed E-state index contributed by atoms with van der Waals surface area (Å²) in [6.07, 6.45) is 8.32. The van der Waals surface area contributed by atoms with Gasteiger partial charge in [0.15, 0.2) is 0 Å². The molecule has 6 atom stereocenters. The summed E-state index contributed by atoms with van der Waals surface area (Å²) < 4.78 is 45.7. The first-order valence-corrected chi connectivity index (χ1v) is 15.1. The van der Waals surface area contributed by atoms with Gasteiger partial charge in [0, 0.05) is 37.6 Å². The monoisotopic (exact) mass is 548 g/mol. The van der Waals surface area contributed by atoms with E-state index in [0.717, 1.165) is 51.6 Å². The number of fused-ring (bicyclic) bond motifs is 1. The van der Waals surface area contributed by atoms with Crippen LogP contribution in [0.2, 0.25) is 0 Å². The van der Waals surface area contributed by atoms with Crippen molar-refractivity contribution < 1.29 is 18.0 Å². The van der Waals surface area contributed by atoms with E-state index in [2.05, 4.69) is 24.2 Å². The van der Waals surface area contributed by atoms with E-state index in [0.29, 0.717) is 54.3 Å². The second-order valence-electron chi connectivity index (χ2n) is 13.1. The molecule has 4 unspecified atom stereocenters. The lowest BCUT2D eigenvalue weighted by molar-refractivity contribution is -0.136. The van der Waals surface area contributed by atoms with Crippen LogP contribution in [0.3, 0.4) is 0 Å². The molecule has 6 rings (SSSR count). The smallest absolute Gasteiger partial charge is 0.301 e. The molecule has 0 radical (unpaired) electrons. The first-order valence-electron chi connectivity index (χ1n) is 15.1. The normalized spacial score (nSPS) is 32.0. The van der Waals surface area contributed by atoms with Gasteiger partial charge in [-0.25, -0.2) is 4.79 Å². The average Bonchev–Trinajstić information content (AvgIpc) is 3.43. The van der Waals surface area contributed by atoms with Gasteiger partial charge in [-0.2, -0.15) is 18.7 Å². The minimum atomic E-state index is -4.52. The Morgan fingerprint density at radius 2 is 1.82 bits per heavy atom. The van der Waals surface area contributed by atoms with Crippen LogP contribution in [0.4, 0.5) is 13.2 Å². The van der Waals surface area contributed by atoms with E-state index >= 15 is 0 Å². The van der Waals surface area contributed by atoms with E-state index in [1.165, 1.54) is 35.9 Å². The van der Waals surface area contributed by atoms with E-state index in [4.69, 9.17) is 4.84 Å². The molecule has 0 bridgehead atoms. The van der Waals surface area contributed by atoms with E-state index in [1.54, 1.807) is 10.8 Å². The van der Waals surface area contributed by atoms with Crippen LogP contribution < -0.4 is 11.2 Å². The largest absolute Gasteiger partial charge is 0.418 e. The number of piperidine rings is 1. The van der Waals surface area contributed by atoms with E-state index in [1.807, 2.05) is 0 Å². The fourth-order valence-electron chi connectivity index (χ4n) is 8.08. The summed E-state index contributed by atoms with van der Waals surface area (Å²) in [4.78, 5) is 21.5. The van der Waals surface area contributed by atoms with Crippen molar-refractivity contribution in [1.82, 2.24) is 19.3 Å². The van der Waals surface area contributed by atoms with Gasteiger partial charge in [0.25, 0.3) is 0 Å². The lowest BCUT2D eigenvalue weighted by Gasteiger charge is -2.45. The maximum Gasteiger partial charge on any atom is 0.418 e. The molecule has 2 saturated carbocycles. The number of pyridine rings is 1. The number of hydrogen-bond donors (Lipinski definition) is 1. The number of alkyl halides is 3. The van der Waals surface area contributed by atoms with Gasteiger partial charge in [-0.15, -0.1) is 0 Å². The molecule has 2 saturated heterocycles. The van der Waals surface area contributed by atoms with Crippen LogP contribution in [0.1, 0.15) is 88.8 Å². The van der Waals surface area contributed by atoms with Crippen LogP contribution in [-0.4, -0.2) is 39.6 Å². The third-order valence-corrected chi connectivity index (χ3v) is 10.2. The quantitative estimate of drug-likeness (QED) is 0.478. The Labute approximate surface area is 228 Å². The van der Waals surface area contributed by atoms with Crippen LogP contribution >= 0.6 is 0 Å². The zero-order valence-corrected chi connectivity index (χ0v) is 23.3. The second kappa shape index (κ2) is 10.9. The molecule has 0 spiro atoms. The van der Waals surface area contributed by atoms with Crippen molar-refractivity contribution in [3.63, 3.8) is 0 Å². The molecular formula is C30H43F3N4O2. The number of likely N-dealkylation sites (tertiary alicyclic amines) is 1. The van der Waals surface area contributed by atoms with Crippen LogP contribution in [0.5, 0.6) is 0 Å². The SMILES string of the molecule is CC1CONC1[C@H](C1CCC1)C1CCCC(n2cc3c(C(F)(F)F)cc(CN4CCC[C@H](C)C4)cn3c2=O)C1. The Bertz CT molecular complexity index is 1220. The van der Waals surface area contributed by atoms with Crippen LogP contribution in [0.15, 0.2) is 23.3 Å².